The van der Waals surface area contributed by atoms with Crippen molar-refractivity contribution in [3.8, 4) is 0 Å². The predicted octanol–water partition coefficient (Wildman–Crippen LogP) is 0.426. The van der Waals surface area contributed by atoms with Gasteiger partial charge in [-0.2, -0.15) is 13.2 Å². The van der Waals surface area contributed by atoms with Crippen LogP contribution in [0.2, 0.25) is 0 Å². The SMILES string of the molecule is [B]C(C)(O)C(F)(F)F. The van der Waals surface area contributed by atoms with E-state index in [0.717, 1.165) is 0 Å². The Bertz CT molecular complexity index is 69.5. The van der Waals surface area contributed by atoms with Gasteiger partial charge in [0.15, 0.2) is 0 Å². The van der Waals surface area contributed by atoms with Crippen LogP contribution in [0.25, 0.3) is 0 Å². The molecule has 0 spiro atoms. The van der Waals surface area contributed by atoms with Gasteiger partial charge >= 0.3 is 6.18 Å². The van der Waals surface area contributed by atoms with Crippen molar-refractivity contribution in [1.29, 1.82) is 0 Å². The first-order valence-corrected chi connectivity index (χ1v) is 1.83. The summed E-state index contributed by atoms with van der Waals surface area (Å²) in [7, 11) is 4.24. The Kier molecular flexibility index (Phi) is 1.61. The molecule has 0 rings (SSSR count). The Labute approximate surface area is 45.9 Å². The predicted molar refractivity (Wildman–Crippen MR) is 22.4 cm³/mol. The monoisotopic (exact) mass is 124 g/mol. The zero-order valence-electron chi connectivity index (χ0n) is 4.16. The molecule has 0 saturated heterocycles. The van der Waals surface area contributed by atoms with E-state index in [4.69, 9.17) is 5.11 Å². The van der Waals surface area contributed by atoms with Gasteiger partial charge in [-0.1, -0.05) is 0 Å². The second kappa shape index (κ2) is 1.65. The van der Waals surface area contributed by atoms with Crippen molar-refractivity contribution in [3.05, 3.63) is 0 Å². The Hall–Kier alpha value is -0.185. The minimum Gasteiger partial charge on any atom is -0.391 e. The zero-order valence-corrected chi connectivity index (χ0v) is 4.16. The maximum atomic E-state index is 11.2. The summed E-state index contributed by atoms with van der Waals surface area (Å²) in [5, 5.41) is 8.01. The first-order chi connectivity index (χ1) is 3.25. The third-order valence-corrected chi connectivity index (χ3v) is 0.574. The molecular formula is C3H4BF3O. The van der Waals surface area contributed by atoms with Gasteiger partial charge in [-0.25, -0.2) is 0 Å². The molecule has 0 aromatic carbocycles. The van der Waals surface area contributed by atoms with Crippen molar-refractivity contribution in [1.82, 2.24) is 0 Å². The largest absolute Gasteiger partial charge is 0.408 e. The number of hydrogen-bond donors (Lipinski definition) is 1. The van der Waals surface area contributed by atoms with Crippen LogP contribution in [-0.2, 0) is 0 Å². The zero-order chi connectivity index (χ0) is 7.00. The van der Waals surface area contributed by atoms with Crippen molar-refractivity contribution >= 4 is 7.85 Å². The Morgan fingerprint density at radius 1 is 1.38 bits per heavy atom. The molecular weight excluding hydrogens is 120 g/mol. The van der Waals surface area contributed by atoms with E-state index in [2.05, 4.69) is 7.85 Å². The molecule has 46 valence electrons. The number of halogens is 3. The highest BCUT2D eigenvalue weighted by atomic mass is 19.4. The van der Waals surface area contributed by atoms with Gasteiger partial charge in [-0.15, -0.1) is 0 Å². The van der Waals surface area contributed by atoms with Gasteiger partial charge in [-0.3, -0.25) is 0 Å². The molecule has 0 aliphatic heterocycles. The van der Waals surface area contributed by atoms with E-state index in [-0.39, 0.29) is 0 Å². The topological polar surface area (TPSA) is 20.2 Å². The van der Waals surface area contributed by atoms with E-state index in [0.29, 0.717) is 6.92 Å². The molecule has 0 aliphatic rings. The molecule has 1 unspecified atom stereocenters. The first kappa shape index (κ1) is 7.81. The summed E-state index contributed by atoms with van der Waals surface area (Å²) >= 11 is 0. The normalized spacial score (nSPS) is 20.1. The fourth-order valence-electron chi connectivity index (χ4n) is 0. The van der Waals surface area contributed by atoms with Gasteiger partial charge in [0, 0.05) is 0 Å². The van der Waals surface area contributed by atoms with Crippen molar-refractivity contribution in [2.75, 3.05) is 0 Å². The van der Waals surface area contributed by atoms with Gasteiger partial charge in [0.1, 0.15) is 13.3 Å². The van der Waals surface area contributed by atoms with Crippen LogP contribution in [0.1, 0.15) is 6.92 Å². The summed E-state index contributed by atoms with van der Waals surface area (Å²) in [6.45, 7) is 0.479. The van der Waals surface area contributed by atoms with Crippen molar-refractivity contribution in [2.24, 2.45) is 0 Å². The van der Waals surface area contributed by atoms with E-state index >= 15 is 0 Å². The molecule has 2 radical (unpaired) electrons. The third kappa shape index (κ3) is 1.73. The summed E-state index contributed by atoms with van der Waals surface area (Å²) in [6, 6.07) is 0. The molecule has 1 nitrogen and oxygen atoms in total. The molecule has 0 heterocycles. The molecule has 0 fully saturated rings. The van der Waals surface area contributed by atoms with Gasteiger partial charge in [0.25, 0.3) is 0 Å². The number of hydrogen-bond acceptors (Lipinski definition) is 1. The van der Waals surface area contributed by atoms with Crippen LogP contribution in [-0.4, -0.2) is 24.6 Å². The van der Waals surface area contributed by atoms with Gasteiger partial charge < -0.3 is 5.11 Å². The van der Waals surface area contributed by atoms with Crippen molar-refractivity contribution in [2.45, 2.75) is 18.6 Å². The molecule has 1 N–H and O–H groups in total. The maximum absolute atomic E-state index is 11.2. The van der Waals surface area contributed by atoms with E-state index in [1.165, 1.54) is 0 Å². The fraction of sp³-hybridized carbons (Fsp3) is 1.00. The Morgan fingerprint density at radius 2 is 1.50 bits per heavy atom. The lowest BCUT2D eigenvalue weighted by molar-refractivity contribution is -0.217. The molecule has 8 heavy (non-hydrogen) atoms. The van der Waals surface area contributed by atoms with Gasteiger partial charge in [0.2, 0.25) is 0 Å². The second-order valence-corrected chi connectivity index (χ2v) is 1.65. The molecule has 0 saturated carbocycles. The van der Waals surface area contributed by atoms with Crippen molar-refractivity contribution in [3.63, 3.8) is 0 Å². The molecule has 0 amide bonds. The third-order valence-electron chi connectivity index (χ3n) is 0.574. The van der Waals surface area contributed by atoms with E-state index < -0.39 is 11.7 Å². The van der Waals surface area contributed by atoms with Crippen LogP contribution >= 0.6 is 0 Å². The smallest absolute Gasteiger partial charge is 0.391 e. The molecule has 0 aliphatic carbocycles. The van der Waals surface area contributed by atoms with E-state index in [1.807, 2.05) is 0 Å². The lowest BCUT2D eigenvalue weighted by Gasteiger charge is -2.20. The second-order valence-electron chi connectivity index (χ2n) is 1.65. The molecule has 1 atom stereocenters. The van der Waals surface area contributed by atoms with Crippen LogP contribution in [0.15, 0.2) is 0 Å². The standard InChI is InChI=1S/C3H4BF3O/c1-2(4,8)3(5,6)7/h8H,1H3. The maximum Gasteiger partial charge on any atom is 0.408 e. The van der Waals surface area contributed by atoms with Gasteiger partial charge in [0.05, 0.1) is 0 Å². The molecule has 5 heteroatoms. The quantitative estimate of drug-likeness (QED) is 0.464. The molecule has 0 aromatic rings. The number of rotatable bonds is 0. The molecule has 0 aromatic heterocycles. The average Bonchev–Trinajstić information content (AvgIpc) is 1.25. The molecule has 0 bridgehead atoms. The minimum atomic E-state index is -4.73. The van der Waals surface area contributed by atoms with Crippen LogP contribution in [0.3, 0.4) is 0 Å². The Morgan fingerprint density at radius 3 is 1.50 bits per heavy atom. The summed E-state index contributed by atoms with van der Waals surface area (Å²) in [5.74, 6) is 0. The van der Waals surface area contributed by atoms with Gasteiger partial charge in [-0.05, 0) is 6.92 Å². The summed E-state index contributed by atoms with van der Waals surface area (Å²) < 4.78 is 33.6. The Balaban J connectivity index is 4.02. The van der Waals surface area contributed by atoms with Crippen molar-refractivity contribution < 1.29 is 18.3 Å². The van der Waals surface area contributed by atoms with Crippen LogP contribution in [0.4, 0.5) is 13.2 Å². The average molecular weight is 124 g/mol. The summed E-state index contributed by atoms with van der Waals surface area (Å²) in [5.41, 5.74) is -3.06. The van der Waals surface area contributed by atoms with Crippen LogP contribution in [0, 0.1) is 0 Å². The van der Waals surface area contributed by atoms with Crippen LogP contribution in [0.5, 0.6) is 0 Å². The lowest BCUT2D eigenvalue weighted by Crippen LogP contribution is -2.42. The summed E-state index contributed by atoms with van der Waals surface area (Å²) in [6.07, 6.45) is -4.73. The highest BCUT2D eigenvalue weighted by molar-refractivity contribution is 6.14. The fourth-order valence-corrected chi connectivity index (χ4v) is 0. The number of aliphatic hydroxyl groups is 1. The highest BCUT2D eigenvalue weighted by Gasteiger charge is 2.44. The highest BCUT2D eigenvalue weighted by Crippen LogP contribution is 2.26. The van der Waals surface area contributed by atoms with E-state index in [1.54, 1.807) is 0 Å². The lowest BCUT2D eigenvalue weighted by atomic mass is 9.83. The number of alkyl halides is 3. The first-order valence-electron chi connectivity index (χ1n) is 1.83. The van der Waals surface area contributed by atoms with E-state index in [9.17, 15) is 13.2 Å². The minimum absolute atomic E-state index is 0.479. The van der Waals surface area contributed by atoms with Crippen LogP contribution < -0.4 is 0 Å². The summed E-state index contributed by atoms with van der Waals surface area (Å²) in [4.78, 5) is 0.